The third kappa shape index (κ3) is 1.85. The highest BCUT2D eigenvalue weighted by atomic mass is 32.2. The number of aliphatic hydroxyl groups is 1. The summed E-state index contributed by atoms with van der Waals surface area (Å²) in [5.74, 6) is 0.197. The van der Waals surface area contributed by atoms with Gasteiger partial charge < -0.3 is 5.11 Å². The molecule has 0 unspecified atom stereocenters. The first-order valence-electron chi connectivity index (χ1n) is 4.49. The molecule has 5 heteroatoms. The van der Waals surface area contributed by atoms with E-state index >= 15 is 0 Å². The zero-order valence-corrected chi connectivity index (χ0v) is 9.27. The third-order valence-corrected chi connectivity index (χ3v) is 5.35. The van der Waals surface area contributed by atoms with Gasteiger partial charge in [0.1, 0.15) is 5.60 Å². The van der Waals surface area contributed by atoms with Crippen LogP contribution in [-0.4, -0.2) is 25.0 Å². The lowest BCUT2D eigenvalue weighted by Crippen LogP contribution is -2.36. The minimum atomic E-state index is -2.90. The quantitative estimate of drug-likeness (QED) is 0.790. The second-order valence-electron chi connectivity index (χ2n) is 3.66. The summed E-state index contributed by atoms with van der Waals surface area (Å²) in [6, 6.07) is 3.74. The van der Waals surface area contributed by atoms with Crippen molar-refractivity contribution < 1.29 is 13.5 Å². The fourth-order valence-electron chi connectivity index (χ4n) is 1.67. The van der Waals surface area contributed by atoms with Crippen LogP contribution in [0.25, 0.3) is 0 Å². The average Bonchev–Trinajstić information content (AvgIpc) is 2.64. The molecule has 0 radical (unpaired) electrons. The molecule has 1 aliphatic heterocycles. The van der Waals surface area contributed by atoms with Crippen molar-refractivity contribution >= 4 is 21.2 Å². The highest BCUT2D eigenvalue weighted by Crippen LogP contribution is 2.36. The van der Waals surface area contributed by atoms with Gasteiger partial charge in [-0.3, -0.25) is 0 Å². The Kier molecular flexibility index (Phi) is 2.41. The summed E-state index contributed by atoms with van der Waals surface area (Å²) in [7, 11) is -2.90. The van der Waals surface area contributed by atoms with Crippen LogP contribution in [-0.2, 0) is 15.4 Å². The van der Waals surface area contributed by atoms with Gasteiger partial charge in [0.15, 0.2) is 9.84 Å². The molecule has 14 heavy (non-hydrogen) atoms. The van der Waals surface area contributed by atoms with E-state index in [4.69, 9.17) is 0 Å². The molecule has 1 fully saturated rings. The molecule has 0 aromatic carbocycles. The van der Waals surface area contributed by atoms with Crippen LogP contribution < -0.4 is 0 Å². The van der Waals surface area contributed by atoms with E-state index in [0.717, 1.165) is 4.88 Å². The Morgan fingerprint density at radius 2 is 2.00 bits per heavy atom. The summed E-state index contributed by atoms with van der Waals surface area (Å²) in [4.78, 5) is 0.882. The minimum Gasteiger partial charge on any atom is -0.384 e. The first-order valence-corrected chi connectivity index (χ1v) is 7.19. The molecule has 2 rings (SSSR count). The highest BCUT2D eigenvalue weighted by Gasteiger charge is 2.37. The van der Waals surface area contributed by atoms with Crippen molar-refractivity contribution in [1.82, 2.24) is 0 Å². The van der Waals surface area contributed by atoms with E-state index in [2.05, 4.69) is 0 Å². The molecule has 0 amide bonds. The van der Waals surface area contributed by atoms with Crippen molar-refractivity contribution in [3.63, 3.8) is 0 Å². The molecule has 0 saturated carbocycles. The second-order valence-corrected chi connectivity index (χ2v) is 6.91. The molecule has 1 aliphatic rings. The van der Waals surface area contributed by atoms with Gasteiger partial charge in [0, 0.05) is 4.88 Å². The van der Waals surface area contributed by atoms with Crippen LogP contribution in [0.5, 0.6) is 0 Å². The van der Waals surface area contributed by atoms with E-state index in [1.54, 1.807) is 0 Å². The Balaban J connectivity index is 2.21. The molecule has 2 heterocycles. The van der Waals surface area contributed by atoms with Crippen molar-refractivity contribution in [3.8, 4) is 0 Å². The van der Waals surface area contributed by atoms with E-state index in [1.807, 2.05) is 17.5 Å². The van der Waals surface area contributed by atoms with Gasteiger partial charge >= 0.3 is 0 Å². The van der Waals surface area contributed by atoms with Crippen molar-refractivity contribution in [1.29, 1.82) is 0 Å². The van der Waals surface area contributed by atoms with Crippen molar-refractivity contribution in [3.05, 3.63) is 22.4 Å². The lowest BCUT2D eigenvalue weighted by Gasteiger charge is -2.30. The predicted molar refractivity (Wildman–Crippen MR) is 56.1 cm³/mol. The summed E-state index contributed by atoms with van der Waals surface area (Å²) in [6.45, 7) is 0. The third-order valence-electron chi connectivity index (χ3n) is 2.63. The fraction of sp³-hybridized carbons (Fsp3) is 0.556. The monoisotopic (exact) mass is 232 g/mol. The first-order chi connectivity index (χ1) is 6.52. The number of hydrogen-bond donors (Lipinski definition) is 1. The molecule has 0 bridgehead atoms. The molecular weight excluding hydrogens is 220 g/mol. The maximum atomic E-state index is 11.2. The van der Waals surface area contributed by atoms with Gasteiger partial charge in [-0.1, -0.05) is 6.07 Å². The molecule has 0 spiro atoms. The van der Waals surface area contributed by atoms with Crippen LogP contribution >= 0.6 is 11.3 Å². The summed E-state index contributed by atoms with van der Waals surface area (Å²) in [6.07, 6.45) is 0.658. The van der Waals surface area contributed by atoms with Gasteiger partial charge in [-0.2, -0.15) is 0 Å². The molecule has 1 aromatic heterocycles. The van der Waals surface area contributed by atoms with Gasteiger partial charge in [0.2, 0.25) is 0 Å². The topological polar surface area (TPSA) is 54.4 Å². The van der Waals surface area contributed by atoms with Crippen molar-refractivity contribution in [2.75, 3.05) is 11.5 Å². The van der Waals surface area contributed by atoms with E-state index in [9.17, 15) is 13.5 Å². The summed E-state index contributed by atoms with van der Waals surface area (Å²) in [5.41, 5.74) is -0.903. The maximum absolute atomic E-state index is 11.2. The summed E-state index contributed by atoms with van der Waals surface area (Å²) in [5, 5.41) is 12.1. The van der Waals surface area contributed by atoms with E-state index in [-0.39, 0.29) is 11.5 Å². The Labute approximate surface area is 87.3 Å². The van der Waals surface area contributed by atoms with Crippen LogP contribution in [0.1, 0.15) is 17.7 Å². The Morgan fingerprint density at radius 3 is 2.50 bits per heavy atom. The lowest BCUT2D eigenvalue weighted by atomic mass is 9.95. The zero-order chi connectivity index (χ0) is 10.2. The van der Waals surface area contributed by atoms with Gasteiger partial charge in [-0.25, -0.2) is 8.42 Å². The Hall–Kier alpha value is -0.390. The molecule has 1 saturated heterocycles. The Bertz CT molecular complexity index is 391. The maximum Gasteiger partial charge on any atom is 0.150 e. The summed E-state index contributed by atoms with van der Waals surface area (Å²) >= 11 is 1.48. The second kappa shape index (κ2) is 3.32. The summed E-state index contributed by atoms with van der Waals surface area (Å²) < 4.78 is 22.4. The highest BCUT2D eigenvalue weighted by molar-refractivity contribution is 7.91. The number of rotatable bonds is 1. The molecular formula is C9H12O3S2. The zero-order valence-electron chi connectivity index (χ0n) is 7.64. The smallest absolute Gasteiger partial charge is 0.150 e. The van der Waals surface area contributed by atoms with Crippen LogP contribution in [0.4, 0.5) is 0 Å². The predicted octanol–water partition coefficient (Wildman–Crippen LogP) is 1.14. The number of hydrogen-bond acceptors (Lipinski definition) is 4. The molecule has 0 atom stereocenters. The number of thiophene rings is 1. The molecule has 3 nitrogen and oxygen atoms in total. The lowest BCUT2D eigenvalue weighted by molar-refractivity contribution is 0.0300. The normalized spacial score (nSPS) is 24.6. The van der Waals surface area contributed by atoms with Gasteiger partial charge in [0.05, 0.1) is 11.5 Å². The first kappa shape index (κ1) is 10.1. The van der Waals surface area contributed by atoms with E-state index in [0.29, 0.717) is 12.8 Å². The van der Waals surface area contributed by atoms with E-state index in [1.165, 1.54) is 11.3 Å². The molecule has 1 N–H and O–H groups in total. The van der Waals surface area contributed by atoms with Crippen LogP contribution in [0.3, 0.4) is 0 Å². The van der Waals surface area contributed by atoms with E-state index < -0.39 is 15.4 Å². The standard InChI is InChI=1S/C9H12O3S2/c10-9(8-2-1-5-13-8)3-6-14(11,12)7-4-9/h1-2,5,10H,3-4,6-7H2. The SMILES string of the molecule is O=S1(=O)CCC(O)(c2cccs2)CC1. The van der Waals surface area contributed by atoms with Crippen LogP contribution in [0, 0.1) is 0 Å². The average molecular weight is 232 g/mol. The molecule has 1 aromatic rings. The number of sulfone groups is 1. The van der Waals surface area contributed by atoms with Gasteiger partial charge in [-0.05, 0) is 24.3 Å². The minimum absolute atomic E-state index is 0.0986. The fourth-order valence-corrected chi connectivity index (χ4v) is 4.05. The van der Waals surface area contributed by atoms with Crippen LogP contribution in [0.2, 0.25) is 0 Å². The van der Waals surface area contributed by atoms with Gasteiger partial charge in [0.25, 0.3) is 0 Å². The molecule has 78 valence electrons. The largest absolute Gasteiger partial charge is 0.384 e. The van der Waals surface area contributed by atoms with Crippen LogP contribution in [0.15, 0.2) is 17.5 Å². The van der Waals surface area contributed by atoms with Crippen molar-refractivity contribution in [2.24, 2.45) is 0 Å². The molecule has 0 aliphatic carbocycles. The van der Waals surface area contributed by atoms with Crippen molar-refractivity contribution in [2.45, 2.75) is 18.4 Å². The Morgan fingerprint density at radius 1 is 1.36 bits per heavy atom. The van der Waals surface area contributed by atoms with Gasteiger partial charge in [-0.15, -0.1) is 11.3 Å².